The van der Waals surface area contributed by atoms with Crippen LogP contribution in [0.4, 0.5) is 5.69 Å². The van der Waals surface area contributed by atoms with Crippen LogP contribution in [0.2, 0.25) is 0 Å². The summed E-state index contributed by atoms with van der Waals surface area (Å²) in [4.78, 5) is 14.4. The van der Waals surface area contributed by atoms with Crippen LogP contribution >= 0.6 is 12.2 Å². The number of rotatable bonds is 2. The third-order valence-electron chi connectivity index (χ3n) is 2.11. The van der Waals surface area contributed by atoms with Crippen LogP contribution in [0.3, 0.4) is 0 Å². The lowest BCUT2D eigenvalue weighted by molar-refractivity contribution is 0.405. The van der Waals surface area contributed by atoms with E-state index < -0.39 is 11.4 Å². The largest absolute Gasteiger partial charge is 0.508 e. The van der Waals surface area contributed by atoms with Gasteiger partial charge in [-0.25, -0.2) is 0 Å². The van der Waals surface area contributed by atoms with Crippen molar-refractivity contribution in [2.45, 2.75) is 26.9 Å². The monoisotopic (exact) mass is 227 g/mol. The standard InChI is InChI=1S/C8H10N4O2S/c1-3-11-6(13)5(10-9)7(14)12(4-2)8(11)15/h3-4H2,1-2H3/p+1. The van der Waals surface area contributed by atoms with Gasteiger partial charge in [-0.15, -0.1) is 0 Å². The van der Waals surface area contributed by atoms with Crippen LogP contribution in [0.5, 0.6) is 5.88 Å². The molecule has 0 spiro atoms. The van der Waals surface area contributed by atoms with Gasteiger partial charge in [0.1, 0.15) is 0 Å². The average Bonchev–Trinajstić information content (AvgIpc) is 2.19. The molecule has 1 aromatic rings. The predicted molar refractivity (Wildman–Crippen MR) is 57.3 cm³/mol. The highest BCUT2D eigenvalue weighted by Gasteiger charge is 2.25. The van der Waals surface area contributed by atoms with Crippen LogP contribution in [-0.4, -0.2) is 14.2 Å². The van der Waals surface area contributed by atoms with Crippen molar-refractivity contribution in [1.29, 1.82) is 5.39 Å². The van der Waals surface area contributed by atoms with Gasteiger partial charge in [0.2, 0.25) is 5.39 Å². The lowest BCUT2D eigenvalue weighted by atomic mass is 10.4. The summed E-state index contributed by atoms with van der Waals surface area (Å²) in [6, 6.07) is 0. The van der Waals surface area contributed by atoms with Gasteiger partial charge in [0.05, 0.1) is 0 Å². The van der Waals surface area contributed by atoms with Crippen molar-refractivity contribution in [3.05, 3.63) is 20.1 Å². The van der Waals surface area contributed by atoms with Crippen LogP contribution in [0.15, 0.2) is 4.79 Å². The second-order valence-electron chi connectivity index (χ2n) is 2.85. The number of aromatic nitrogens is 2. The van der Waals surface area contributed by atoms with E-state index in [0.717, 1.165) is 0 Å². The van der Waals surface area contributed by atoms with Gasteiger partial charge in [0.15, 0.2) is 9.75 Å². The summed E-state index contributed by atoms with van der Waals surface area (Å²) in [5.74, 6) is -0.403. The van der Waals surface area contributed by atoms with Crippen LogP contribution in [-0.2, 0) is 13.1 Å². The van der Waals surface area contributed by atoms with Crippen molar-refractivity contribution in [2.75, 3.05) is 0 Å². The van der Waals surface area contributed by atoms with Crippen LogP contribution in [0, 0.1) is 10.2 Å². The first-order valence-electron chi connectivity index (χ1n) is 4.50. The van der Waals surface area contributed by atoms with Gasteiger partial charge in [-0.3, -0.25) is 13.9 Å². The zero-order valence-corrected chi connectivity index (χ0v) is 9.28. The van der Waals surface area contributed by atoms with Crippen LogP contribution in [0.25, 0.3) is 4.98 Å². The highest BCUT2D eigenvalue weighted by atomic mass is 32.1. The number of aromatic hydroxyl groups is 1. The lowest BCUT2D eigenvalue weighted by Crippen LogP contribution is -2.23. The molecule has 15 heavy (non-hydrogen) atoms. The minimum atomic E-state index is -0.591. The lowest BCUT2D eigenvalue weighted by Gasteiger charge is -2.08. The molecule has 1 heterocycles. The van der Waals surface area contributed by atoms with E-state index in [2.05, 4.69) is 4.98 Å². The Bertz CT molecular complexity index is 537. The van der Waals surface area contributed by atoms with Crippen molar-refractivity contribution in [1.82, 2.24) is 9.13 Å². The summed E-state index contributed by atoms with van der Waals surface area (Å²) in [5, 5.41) is 18.2. The molecule has 0 saturated heterocycles. The molecule has 0 unspecified atom stereocenters. The number of diazo groups is 1. The van der Waals surface area contributed by atoms with Crippen molar-refractivity contribution >= 4 is 17.9 Å². The van der Waals surface area contributed by atoms with Gasteiger partial charge in [0, 0.05) is 13.1 Å². The Labute approximate surface area is 91.0 Å². The predicted octanol–water partition coefficient (Wildman–Crippen LogP) is 1.61. The van der Waals surface area contributed by atoms with E-state index in [-0.39, 0.29) is 10.5 Å². The second-order valence-corrected chi connectivity index (χ2v) is 3.21. The van der Waals surface area contributed by atoms with Gasteiger partial charge in [-0.05, 0) is 26.1 Å². The molecule has 7 heteroatoms. The molecule has 0 saturated carbocycles. The maximum atomic E-state index is 11.6. The summed E-state index contributed by atoms with van der Waals surface area (Å²) < 4.78 is 2.80. The molecule has 80 valence electrons. The molecule has 1 rings (SSSR count). The molecular formula is C8H11N4O2S+. The van der Waals surface area contributed by atoms with Crippen molar-refractivity contribution < 1.29 is 5.11 Å². The highest BCUT2D eigenvalue weighted by molar-refractivity contribution is 7.71. The molecule has 0 aliphatic rings. The SMILES string of the molecule is CCn1c(O)c([N+]#N)c(=O)n(CC)c1=S. The Hall–Kier alpha value is -1.68. The van der Waals surface area contributed by atoms with E-state index in [9.17, 15) is 9.90 Å². The summed E-state index contributed by atoms with van der Waals surface area (Å²) >= 11 is 5.02. The summed E-state index contributed by atoms with van der Waals surface area (Å²) in [7, 11) is 0. The molecule has 0 aliphatic heterocycles. The van der Waals surface area contributed by atoms with Crippen LogP contribution < -0.4 is 5.56 Å². The van der Waals surface area contributed by atoms with Gasteiger partial charge in [-0.1, -0.05) is 0 Å². The quantitative estimate of drug-likeness (QED) is 0.615. The van der Waals surface area contributed by atoms with E-state index >= 15 is 0 Å². The Kier molecular flexibility index (Phi) is 3.21. The van der Waals surface area contributed by atoms with Gasteiger partial charge in [-0.2, -0.15) is 0 Å². The zero-order chi connectivity index (χ0) is 11.6. The highest BCUT2D eigenvalue weighted by Crippen LogP contribution is 2.21. The molecule has 0 aliphatic carbocycles. The van der Waals surface area contributed by atoms with Crippen molar-refractivity contribution in [3.63, 3.8) is 0 Å². The molecule has 0 aromatic carbocycles. The van der Waals surface area contributed by atoms with E-state index in [1.54, 1.807) is 13.8 Å². The zero-order valence-electron chi connectivity index (χ0n) is 8.47. The van der Waals surface area contributed by atoms with E-state index in [1.807, 2.05) is 0 Å². The van der Waals surface area contributed by atoms with E-state index in [0.29, 0.717) is 13.1 Å². The molecule has 0 atom stereocenters. The molecule has 0 radical (unpaired) electrons. The minimum absolute atomic E-state index is 0.218. The first-order valence-corrected chi connectivity index (χ1v) is 4.90. The average molecular weight is 227 g/mol. The fraction of sp³-hybridized carbons (Fsp3) is 0.500. The first-order chi connectivity index (χ1) is 7.08. The Morgan fingerprint density at radius 2 is 1.93 bits per heavy atom. The maximum Gasteiger partial charge on any atom is 0.508 e. The molecule has 1 aromatic heterocycles. The van der Waals surface area contributed by atoms with Gasteiger partial charge < -0.3 is 5.11 Å². The van der Waals surface area contributed by atoms with Crippen molar-refractivity contribution in [2.24, 2.45) is 0 Å². The fourth-order valence-electron chi connectivity index (χ4n) is 1.33. The smallest absolute Gasteiger partial charge is 0.489 e. The molecule has 0 fully saturated rings. The van der Waals surface area contributed by atoms with Crippen molar-refractivity contribution in [3.8, 4) is 5.88 Å². The Morgan fingerprint density at radius 1 is 1.40 bits per heavy atom. The second kappa shape index (κ2) is 4.23. The molecule has 1 N–H and O–H groups in total. The minimum Gasteiger partial charge on any atom is -0.489 e. The molecular weight excluding hydrogens is 216 g/mol. The molecule has 6 nitrogen and oxygen atoms in total. The molecule has 0 amide bonds. The number of hydrogen-bond acceptors (Lipinski definition) is 4. The Balaban J connectivity index is 3.84. The summed E-state index contributed by atoms with van der Waals surface area (Å²) in [5.41, 5.74) is -0.973. The van der Waals surface area contributed by atoms with E-state index in [1.165, 1.54) is 9.13 Å². The maximum absolute atomic E-state index is 11.6. The first kappa shape index (κ1) is 11.4. The van der Waals surface area contributed by atoms with Gasteiger partial charge in [0.25, 0.3) is 5.88 Å². The van der Waals surface area contributed by atoms with Crippen LogP contribution in [0.1, 0.15) is 13.8 Å². The normalized spacial score (nSPS) is 9.93. The third-order valence-corrected chi connectivity index (χ3v) is 2.55. The van der Waals surface area contributed by atoms with Gasteiger partial charge >= 0.3 is 11.2 Å². The number of nitrogens with zero attached hydrogens (tertiary/aromatic N) is 4. The summed E-state index contributed by atoms with van der Waals surface area (Å²) in [6.45, 7) is 4.27. The number of hydrogen-bond donors (Lipinski definition) is 1. The van der Waals surface area contributed by atoms with E-state index in [4.69, 9.17) is 17.6 Å². The molecule has 0 bridgehead atoms. The topological polar surface area (TPSA) is 75.3 Å². The fourth-order valence-corrected chi connectivity index (χ4v) is 1.75. The Morgan fingerprint density at radius 3 is 2.33 bits per heavy atom. The third kappa shape index (κ3) is 1.64. The summed E-state index contributed by atoms with van der Waals surface area (Å²) in [6.07, 6.45) is 0.